The molecule has 4 heterocycles. The Bertz CT molecular complexity index is 711. The summed E-state index contributed by atoms with van der Waals surface area (Å²) in [5.74, 6) is 1.09. The lowest BCUT2D eigenvalue weighted by Crippen LogP contribution is -2.31. The summed E-state index contributed by atoms with van der Waals surface area (Å²) in [6.07, 6.45) is 4.32. The molecule has 1 unspecified atom stereocenters. The number of rotatable bonds is 3. The molecule has 6 nitrogen and oxygen atoms in total. The van der Waals surface area contributed by atoms with Crippen molar-refractivity contribution in [1.82, 2.24) is 25.2 Å². The van der Waals surface area contributed by atoms with E-state index in [4.69, 9.17) is 4.52 Å². The van der Waals surface area contributed by atoms with Crippen molar-refractivity contribution < 1.29 is 4.52 Å². The van der Waals surface area contributed by atoms with E-state index in [0.717, 1.165) is 30.1 Å². The average molecular weight is 301 g/mol. The molecule has 0 amide bonds. The van der Waals surface area contributed by atoms with Crippen LogP contribution in [0.1, 0.15) is 18.9 Å². The summed E-state index contributed by atoms with van der Waals surface area (Å²) in [6.45, 7) is 2.06. The van der Waals surface area contributed by atoms with Crippen molar-refractivity contribution in [2.24, 2.45) is 0 Å². The Labute approximate surface area is 125 Å². The zero-order valence-corrected chi connectivity index (χ0v) is 12.2. The lowest BCUT2D eigenvalue weighted by Gasteiger charge is -2.22. The highest BCUT2D eigenvalue weighted by atomic mass is 32.1. The monoisotopic (exact) mass is 301 g/mol. The van der Waals surface area contributed by atoms with Crippen LogP contribution in [0.15, 0.2) is 34.3 Å². The first kappa shape index (κ1) is 12.7. The lowest BCUT2D eigenvalue weighted by molar-refractivity contribution is 0.346. The van der Waals surface area contributed by atoms with Gasteiger partial charge < -0.3 is 9.84 Å². The van der Waals surface area contributed by atoms with Gasteiger partial charge in [0.15, 0.2) is 5.69 Å². The fraction of sp³-hybridized carbons (Fsp3) is 0.357. The van der Waals surface area contributed by atoms with Crippen molar-refractivity contribution in [2.75, 3.05) is 13.1 Å². The largest absolute Gasteiger partial charge is 0.332 e. The fourth-order valence-electron chi connectivity index (χ4n) is 2.55. The average Bonchev–Trinajstić information content (AvgIpc) is 3.27. The molecule has 21 heavy (non-hydrogen) atoms. The zero-order valence-electron chi connectivity index (χ0n) is 11.4. The Morgan fingerprint density at radius 1 is 1.38 bits per heavy atom. The number of hydrogen-bond donors (Lipinski definition) is 1. The second-order valence-electron chi connectivity index (χ2n) is 5.08. The summed E-state index contributed by atoms with van der Waals surface area (Å²) < 4.78 is 7.33. The Kier molecular flexibility index (Phi) is 3.28. The first-order chi connectivity index (χ1) is 10.4. The molecule has 1 aliphatic heterocycles. The smallest absolute Gasteiger partial charge is 0.278 e. The highest BCUT2D eigenvalue weighted by Crippen LogP contribution is 2.25. The summed E-state index contributed by atoms with van der Waals surface area (Å²) in [5, 5.41) is 14.0. The molecule has 1 fully saturated rings. The third-order valence-electron chi connectivity index (χ3n) is 3.64. The highest BCUT2D eigenvalue weighted by molar-refractivity contribution is 7.13. The molecular weight excluding hydrogens is 286 g/mol. The van der Waals surface area contributed by atoms with Gasteiger partial charge in [0.2, 0.25) is 5.82 Å². The summed E-state index contributed by atoms with van der Waals surface area (Å²) in [5.41, 5.74) is 0.732. The normalized spacial score (nSPS) is 19.0. The van der Waals surface area contributed by atoms with Gasteiger partial charge in [-0.15, -0.1) is 11.3 Å². The maximum Gasteiger partial charge on any atom is 0.278 e. The first-order valence-electron chi connectivity index (χ1n) is 7.04. The number of hydrogen-bond acceptors (Lipinski definition) is 6. The molecule has 0 saturated carbocycles. The van der Waals surface area contributed by atoms with Crippen molar-refractivity contribution in [1.29, 1.82) is 0 Å². The standard InChI is InChI=1S/C14H15N5OS/c1-3-10(9-15-6-1)19-7-5-11(17-19)14-16-13(18-20-14)12-4-2-8-21-12/h2,4-5,7-8,10,15H,1,3,6,9H2. The Morgan fingerprint density at radius 2 is 2.38 bits per heavy atom. The van der Waals surface area contributed by atoms with E-state index >= 15 is 0 Å². The summed E-state index contributed by atoms with van der Waals surface area (Å²) in [7, 11) is 0. The van der Waals surface area contributed by atoms with E-state index in [1.807, 2.05) is 34.5 Å². The van der Waals surface area contributed by atoms with E-state index in [9.17, 15) is 0 Å². The number of thiophene rings is 1. The Hall–Kier alpha value is -1.99. The van der Waals surface area contributed by atoms with Crippen molar-refractivity contribution in [3.05, 3.63) is 29.8 Å². The molecule has 0 aliphatic carbocycles. The lowest BCUT2D eigenvalue weighted by atomic mass is 10.1. The molecule has 4 rings (SSSR count). The van der Waals surface area contributed by atoms with Gasteiger partial charge in [-0.1, -0.05) is 11.2 Å². The Morgan fingerprint density at radius 3 is 3.19 bits per heavy atom. The van der Waals surface area contributed by atoms with Gasteiger partial charge in [0.1, 0.15) is 0 Å². The summed E-state index contributed by atoms with van der Waals surface area (Å²) in [6, 6.07) is 6.29. The molecule has 0 spiro atoms. The van der Waals surface area contributed by atoms with Gasteiger partial charge in [0.25, 0.3) is 5.89 Å². The van der Waals surface area contributed by atoms with Crippen LogP contribution in [-0.2, 0) is 0 Å². The van der Waals surface area contributed by atoms with Gasteiger partial charge in [0, 0.05) is 12.7 Å². The van der Waals surface area contributed by atoms with Gasteiger partial charge in [-0.3, -0.25) is 4.68 Å². The third-order valence-corrected chi connectivity index (χ3v) is 4.51. The van der Waals surface area contributed by atoms with E-state index in [2.05, 4.69) is 20.6 Å². The highest BCUT2D eigenvalue weighted by Gasteiger charge is 2.18. The molecule has 0 radical (unpaired) electrons. The number of nitrogens with zero attached hydrogens (tertiary/aromatic N) is 4. The molecule has 3 aromatic rings. The second kappa shape index (κ2) is 5.42. The minimum absolute atomic E-state index is 0.409. The van der Waals surface area contributed by atoms with Crippen molar-refractivity contribution in [2.45, 2.75) is 18.9 Å². The van der Waals surface area contributed by atoms with Crippen LogP contribution in [-0.4, -0.2) is 33.0 Å². The molecule has 7 heteroatoms. The number of piperidine rings is 1. The molecule has 0 bridgehead atoms. The maximum atomic E-state index is 5.33. The van der Waals surface area contributed by atoms with E-state index in [0.29, 0.717) is 17.8 Å². The van der Waals surface area contributed by atoms with Crippen LogP contribution in [0.2, 0.25) is 0 Å². The molecule has 1 saturated heterocycles. The third kappa shape index (κ3) is 2.50. The molecular formula is C14H15N5OS. The Balaban J connectivity index is 1.58. The zero-order chi connectivity index (χ0) is 14.1. The van der Waals surface area contributed by atoms with Gasteiger partial charge in [-0.25, -0.2) is 0 Å². The summed E-state index contributed by atoms with van der Waals surface area (Å²) in [4.78, 5) is 5.42. The van der Waals surface area contributed by atoms with E-state index in [1.54, 1.807) is 11.3 Å². The number of nitrogens with one attached hydrogen (secondary N) is 1. The minimum atomic E-state index is 0.409. The van der Waals surface area contributed by atoms with Gasteiger partial charge in [-0.2, -0.15) is 10.1 Å². The van der Waals surface area contributed by atoms with Gasteiger partial charge in [0.05, 0.1) is 10.9 Å². The van der Waals surface area contributed by atoms with E-state index in [1.165, 1.54) is 6.42 Å². The van der Waals surface area contributed by atoms with E-state index in [-0.39, 0.29) is 0 Å². The number of aromatic nitrogens is 4. The molecule has 1 aliphatic rings. The van der Waals surface area contributed by atoms with Crippen molar-refractivity contribution >= 4 is 11.3 Å². The first-order valence-corrected chi connectivity index (χ1v) is 7.92. The minimum Gasteiger partial charge on any atom is -0.332 e. The van der Waals surface area contributed by atoms with Crippen LogP contribution in [0.4, 0.5) is 0 Å². The maximum absolute atomic E-state index is 5.33. The molecule has 1 atom stereocenters. The van der Waals surface area contributed by atoms with Crippen molar-refractivity contribution in [3.63, 3.8) is 0 Å². The van der Waals surface area contributed by atoms with Crippen LogP contribution < -0.4 is 5.32 Å². The van der Waals surface area contributed by atoms with Gasteiger partial charge in [-0.05, 0) is 36.9 Å². The quantitative estimate of drug-likeness (QED) is 0.805. The van der Waals surface area contributed by atoms with Crippen LogP contribution in [0, 0.1) is 0 Å². The molecule has 3 aromatic heterocycles. The van der Waals surface area contributed by atoms with Crippen LogP contribution >= 0.6 is 11.3 Å². The van der Waals surface area contributed by atoms with Crippen molar-refractivity contribution in [3.8, 4) is 22.3 Å². The summed E-state index contributed by atoms with van der Waals surface area (Å²) >= 11 is 1.59. The van der Waals surface area contributed by atoms with E-state index < -0.39 is 0 Å². The van der Waals surface area contributed by atoms with Gasteiger partial charge >= 0.3 is 0 Å². The van der Waals surface area contributed by atoms with Crippen LogP contribution in [0.5, 0.6) is 0 Å². The molecule has 0 aromatic carbocycles. The molecule has 108 valence electrons. The van der Waals surface area contributed by atoms with Crippen LogP contribution in [0.25, 0.3) is 22.3 Å². The predicted molar refractivity (Wildman–Crippen MR) is 80.0 cm³/mol. The predicted octanol–water partition coefficient (Wildman–Crippen LogP) is 2.59. The SMILES string of the molecule is c1csc(-c2noc(-c3ccn(C4CCCNC4)n3)n2)c1. The van der Waals surface area contributed by atoms with Crippen LogP contribution in [0.3, 0.4) is 0 Å². The topological polar surface area (TPSA) is 68.8 Å². The second-order valence-corrected chi connectivity index (χ2v) is 6.03. The fourth-order valence-corrected chi connectivity index (χ4v) is 3.20. The molecule has 1 N–H and O–H groups in total.